The van der Waals surface area contributed by atoms with Crippen LogP contribution in [0.3, 0.4) is 0 Å². The molecule has 4 nitrogen and oxygen atoms in total. The van der Waals surface area contributed by atoms with Gasteiger partial charge in [0, 0.05) is 13.5 Å². The highest BCUT2D eigenvalue weighted by Gasteiger charge is 2.21. The first kappa shape index (κ1) is 9.32. The van der Waals surface area contributed by atoms with Gasteiger partial charge < -0.3 is 15.3 Å². The largest absolute Gasteiger partial charge is 0.479 e. The van der Waals surface area contributed by atoms with Crippen LogP contribution in [-0.4, -0.2) is 25.7 Å². The van der Waals surface area contributed by atoms with Gasteiger partial charge >= 0.3 is 0 Å². The second-order valence-corrected chi connectivity index (χ2v) is 3.04. The van der Waals surface area contributed by atoms with E-state index in [1.807, 2.05) is 0 Å². The van der Waals surface area contributed by atoms with Crippen LogP contribution in [0.4, 0.5) is 0 Å². The van der Waals surface area contributed by atoms with E-state index >= 15 is 0 Å². The maximum atomic E-state index is 5.27. The van der Waals surface area contributed by atoms with Crippen molar-refractivity contribution in [2.24, 2.45) is 10.9 Å². The summed E-state index contributed by atoms with van der Waals surface area (Å²) in [6.45, 7) is 0. The molecule has 1 aliphatic rings. The molecular formula is C8H16N2O2. The van der Waals surface area contributed by atoms with Gasteiger partial charge in [0.15, 0.2) is 6.40 Å². The Kier molecular flexibility index (Phi) is 3.87. The Morgan fingerprint density at radius 2 is 2.17 bits per heavy atom. The van der Waals surface area contributed by atoms with Gasteiger partial charge in [-0.05, 0) is 19.3 Å². The van der Waals surface area contributed by atoms with Crippen LogP contribution in [-0.2, 0) is 9.47 Å². The Morgan fingerprint density at radius 1 is 1.42 bits per heavy atom. The van der Waals surface area contributed by atoms with Crippen molar-refractivity contribution < 1.29 is 9.47 Å². The molecule has 0 amide bonds. The van der Waals surface area contributed by atoms with Crippen LogP contribution in [0.25, 0.3) is 0 Å². The third-order valence-electron chi connectivity index (χ3n) is 2.23. The van der Waals surface area contributed by atoms with Crippen LogP contribution < -0.4 is 5.84 Å². The van der Waals surface area contributed by atoms with Gasteiger partial charge in [-0.25, -0.2) is 0 Å². The fourth-order valence-electron chi connectivity index (χ4n) is 1.56. The van der Waals surface area contributed by atoms with Crippen molar-refractivity contribution in [1.29, 1.82) is 0 Å². The van der Waals surface area contributed by atoms with E-state index in [-0.39, 0.29) is 6.10 Å². The highest BCUT2D eigenvalue weighted by Crippen LogP contribution is 2.22. The van der Waals surface area contributed by atoms with Crippen LogP contribution in [0.15, 0.2) is 5.10 Å². The highest BCUT2D eigenvalue weighted by atomic mass is 16.5. The van der Waals surface area contributed by atoms with E-state index in [0.29, 0.717) is 6.10 Å². The molecule has 0 aromatic heterocycles. The van der Waals surface area contributed by atoms with Gasteiger partial charge in [-0.1, -0.05) is 0 Å². The van der Waals surface area contributed by atoms with E-state index in [9.17, 15) is 0 Å². The van der Waals surface area contributed by atoms with Crippen molar-refractivity contribution in [3.8, 4) is 0 Å². The van der Waals surface area contributed by atoms with Crippen molar-refractivity contribution in [1.82, 2.24) is 0 Å². The minimum Gasteiger partial charge on any atom is -0.479 e. The molecule has 0 radical (unpaired) electrons. The van der Waals surface area contributed by atoms with Gasteiger partial charge in [-0.2, -0.15) is 5.10 Å². The number of nitrogens with zero attached hydrogens (tertiary/aromatic N) is 1. The molecule has 0 saturated heterocycles. The quantitative estimate of drug-likeness (QED) is 0.297. The fourth-order valence-corrected chi connectivity index (χ4v) is 1.56. The first-order valence-electron chi connectivity index (χ1n) is 4.26. The fraction of sp³-hybridized carbons (Fsp3) is 0.875. The SMILES string of the molecule is COC1CCCC(O/C=N/N)C1. The number of hydrogen-bond acceptors (Lipinski definition) is 4. The summed E-state index contributed by atoms with van der Waals surface area (Å²) in [5, 5.41) is 3.29. The average Bonchev–Trinajstić information content (AvgIpc) is 2.15. The van der Waals surface area contributed by atoms with E-state index in [0.717, 1.165) is 25.7 Å². The third kappa shape index (κ3) is 2.70. The number of methoxy groups -OCH3 is 1. The summed E-state index contributed by atoms with van der Waals surface area (Å²) in [6.07, 6.45) is 6.19. The molecule has 0 spiro atoms. The second kappa shape index (κ2) is 4.98. The monoisotopic (exact) mass is 172 g/mol. The van der Waals surface area contributed by atoms with Crippen LogP contribution >= 0.6 is 0 Å². The Morgan fingerprint density at radius 3 is 2.83 bits per heavy atom. The number of ether oxygens (including phenoxy) is 2. The molecule has 0 heterocycles. The first-order valence-corrected chi connectivity index (χ1v) is 4.26. The molecule has 0 aromatic rings. The third-order valence-corrected chi connectivity index (χ3v) is 2.23. The Hall–Kier alpha value is -0.770. The number of nitrogens with two attached hydrogens (primary N) is 1. The van der Waals surface area contributed by atoms with Gasteiger partial charge in [-0.3, -0.25) is 0 Å². The smallest absolute Gasteiger partial charge is 0.192 e. The minimum atomic E-state index is 0.232. The van der Waals surface area contributed by atoms with Crippen LogP contribution in [0.1, 0.15) is 25.7 Å². The minimum absolute atomic E-state index is 0.232. The molecule has 1 aliphatic carbocycles. The lowest BCUT2D eigenvalue weighted by Gasteiger charge is -2.26. The van der Waals surface area contributed by atoms with E-state index in [1.54, 1.807) is 7.11 Å². The molecule has 2 N–H and O–H groups in total. The second-order valence-electron chi connectivity index (χ2n) is 3.04. The average molecular weight is 172 g/mol. The van der Waals surface area contributed by atoms with Crippen molar-refractivity contribution in [3.05, 3.63) is 0 Å². The lowest BCUT2D eigenvalue weighted by Crippen LogP contribution is -2.27. The molecule has 70 valence electrons. The van der Waals surface area contributed by atoms with Gasteiger partial charge in [0.1, 0.15) is 6.10 Å². The molecular weight excluding hydrogens is 156 g/mol. The summed E-state index contributed by atoms with van der Waals surface area (Å²) in [6, 6.07) is 0. The van der Waals surface area contributed by atoms with Crippen LogP contribution in [0, 0.1) is 0 Å². The Labute approximate surface area is 72.7 Å². The van der Waals surface area contributed by atoms with Gasteiger partial charge in [-0.15, -0.1) is 0 Å². The number of hydrazone groups is 1. The van der Waals surface area contributed by atoms with E-state index in [2.05, 4.69) is 5.10 Å². The van der Waals surface area contributed by atoms with E-state index in [4.69, 9.17) is 15.3 Å². The van der Waals surface area contributed by atoms with Gasteiger partial charge in [0.05, 0.1) is 6.10 Å². The van der Waals surface area contributed by atoms with Crippen LogP contribution in [0.2, 0.25) is 0 Å². The first-order chi connectivity index (χ1) is 5.86. The van der Waals surface area contributed by atoms with Crippen molar-refractivity contribution in [2.75, 3.05) is 7.11 Å². The summed E-state index contributed by atoms with van der Waals surface area (Å²) in [4.78, 5) is 0. The number of hydrogen-bond donors (Lipinski definition) is 1. The summed E-state index contributed by atoms with van der Waals surface area (Å²) >= 11 is 0. The number of rotatable bonds is 3. The maximum Gasteiger partial charge on any atom is 0.192 e. The summed E-state index contributed by atoms with van der Waals surface area (Å²) in [5.74, 6) is 4.93. The molecule has 0 aliphatic heterocycles. The molecule has 2 atom stereocenters. The predicted molar refractivity (Wildman–Crippen MR) is 46.8 cm³/mol. The lowest BCUT2D eigenvalue weighted by molar-refractivity contribution is 0.0190. The predicted octanol–water partition coefficient (Wildman–Crippen LogP) is 0.863. The standard InChI is InChI=1S/C8H16N2O2/c1-11-7-3-2-4-8(5-7)12-6-10-9/h6-8H,2-5,9H2,1H3/b10-6+. The molecule has 1 fully saturated rings. The molecule has 4 heteroatoms. The molecule has 0 aromatic carbocycles. The van der Waals surface area contributed by atoms with Crippen molar-refractivity contribution in [2.45, 2.75) is 37.9 Å². The topological polar surface area (TPSA) is 56.8 Å². The van der Waals surface area contributed by atoms with Crippen LogP contribution in [0.5, 0.6) is 0 Å². The summed E-state index contributed by atoms with van der Waals surface area (Å²) in [5.41, 5.74) is 0. The molecule has 0 bridgehead atoms. The molecule has 2 unspecified atom stereocenters. The van der Waals surface area contributed by atoms with Crippen molar-refractivity contribution in [3.63, 3.8) is 0 Å². The summed E-state index contributed by atoms with van der Waals surface area (Å²) < 4.78 is 10.5. The normalized spacial score (nSPS) is 30.8. The highest BCUT2D eigenvalue weighted by molar-refractivity contribution is 5.45. The zero-order valence-corrected chi connectivity index (χ0v) is 7.40. The maximum absolute atomic E-state index is 5.27. The van der Waals surface area contributed by atoms with Gasteiger partial charge in [0.2, 0.25) is 0 Å². The van der Waals surface area contributed by atoms with E-state index in [1.165, 1.54) is 6.40 Å². The molecule has 1 rings (SSSR count). The summed E-state index contributed by atoms with van der Waals surface area (Å²) in [7, 11) is 1.74. The van der Waals surface area contributed by atoms with Crippen molar-refractivity contribution >= 4 is 6.40 Å². The zero-order chi connectivity index (χ0) is 8.81. The van der Waals surface area contributed by atoms with Gasteiger partial charge in [0.25, 0.3) is 0 Å². The Balaban J connectivity index is 2.25. The zero-order valence-electron chi connectivity index (χ0n) is 7.40. The lowest BCUT2D eigenvalue weighted by atomic mass is 9.95. The molecule has 12 heavy (non-hydrogen) atoms. The molecule has 1 saturated carbocycles. The van der Waals surface area contributed by atoms with E-state index < -0.39 is 0 Å². The Bertz CT molecular complexity index is 150.